The number of hydrogen-bond donors (Lipinski definition) is 2. The minimum absolute atomic E-state index is 0.0535. The van der Waals surface area contributed by atoms with E-state index in [0.29, 0.717) is 11.9 Å². The summed E-state index contributed by atoms with van der Waals surface area (Å²) in [5, 5.41) is 24.6. The molecule has 2 aromatic rings. The van der Waals surface area contributed by atoms with Crippen molar-refractivity contribution in [2.45, 2.75) is 58.9 Å². The molecule has 1 atom stereocenters. The van der Waals surface area contributed by atoms with E-state index < -0.39 is 4.92 Å². The van der Waals surface area contributed by atoms with Crippen LogP contribution in [-0.4, -0.2) is 40.5 Å². The third-order valence-corrected chi connectivity index (χ3v) is 4.77. The summed E-state index contributed by atoms with van der Waals surface area (Å²) in [4.78, 5) is 23.0. The van der Waals surface area contributed by atoms with Crippen LogP contribution < -0.4 is 5.32 Å². The maximum atomic E-state index is 10.9. The lowest BCUT2D eigenvalue weighted by Crippen LogP contribution is -2.36. The Morgan fingerprint density at radius 3 is 2.44 bits per heavy atom. The van der Waals surface area contributed by atoms with Gasteiger partial charge in [0.15, 0.2) is 0 Å². The van der Waals surface area contributed by atoms with Crippen molar-refractivity contribution in [2.24, 2.45) is 0 Å². The number of fused-ring (bicyclic) bond motifs is 1. The van der Waals surface area contributed by atoms with Gasteiger partial charge >= 0.3 is 0 Å². The van der Waals surface area contributed by atoms with Crippen molar-refractivity contribution in [3.05, 3.63) is 33.3 Å². The number of carbonyl (C=O) groups excluding carboxylic acids is 1. The van der Waals surface area contributed by atoms with Crippen molar-refractivity contribution in [1.29, 1.82) is 0 Å². The summed E-state index contributed by atoms with van der Waals surface area (Å²) >= 11 is 1.55. The average molecular weight is 398 g/mol. The summed E-state index contributed by atoms with van der Waals surface area (Å²) in [6.45, 7) is 13.3. The Labute approximate surface area is 165 Å². The number of aliphatic hydroxyl groups excluding tert-OH is 1. The molecule has 1 heterocycles. The summed E-state index contributed by atoms with van der Waals surface area (Å²) in [5.74, 6) is 0.159. The van der Waals surface area contributed by atoms with Gasteiger partial charge in [-0.05, 0) is 46.2 Å². The molecule has 0 aliphatic rings. The average Bonchev–Trinajstić information content (AvgIpc) is 3.06. The van der Waals surface area contributed by atoms with E-state index in [1.807, 2.05) is 20.6 Å². The number of hydrogen-bond acceptors (Lipinski definition) is 7. The van der Waals surface area contributed by atoms with E-state index in [-0.39, 0.29) is 23.8 Å². The second kappa shape index (κ2) is 12.5. The van der Waals surface area contributed by atoms with Crippen molar-refractivity contribution in [3.8, 4) is 0 Å². The number of aliphatic hydroxyl groups is 1. The van der Waals surface area contributed by atoms with E-state index >= 15 is 0 Å². The molecule has 8 heteroatoms. The molecule has 2 rings (SSSR count). The first-order chi connectivity index (χ1) is 12.8. The van der Waals surface area contributed by atoms with Crippen LogP contribution in [0.1, 0.15) is 58.4 Å². The van der Waals surface area contributed by atoms with Gasteiger partial charge in [0.05, 0.1) is 20.1 Å². The van der Waals surface area contributed by atoms with Gasteiger partial charge in [-0.2, -0.15) is 0 Å². The Kier molecular flexibility index (Phi) is 11.6. The van der Waals surface area contributed by atoms with Gasteiger partial charge in [-0.15, -0.1) is 11.3 Å². The standard InChI is InChI=1S/C16H23N3O3S.C2H6.CH2O/c1-16(2,3)17-8-6-11(7-9-20)15-18-13-10-12(19(21)22)4-5-14(13)23-15;2*1-2/h4-5,10-11,17,20H,6-9H2,1-3H3;1-2H3;1H2. The van der Waals surface area contributed by atoms with Crippen LogP contribution in [0.3, 0.4) is 0 Å². The second-order valence-electron chi connectivity index (χ2n) is 6.64. The molecular weight excluding hydrogens is 366 g/mol. The van der Waals surface area contributed by atoms with Crippen molar-refractivity contribution in [2.75, 3.05) is 13.2 Å². The molecule has 2 N–H and O–H groups in total. The zero-order valence-electron chi connectivity index (χ0n) is 16.8. The number of non-ortho nitro benzene ring substituents is 1. The third kappa shape index (κ3) is 8.55. The minimum Gasteiger partial charge on any atom is -0.396 e. The molecule has 1 aromatic heterocycles. The topological polar surface area (TPSA) is 105 Å². The lowest BCUT2D eigenvalue weighted by atomic mass is 10.0. The van der Waals surface area contributed by atoms with E-state index in [9.17, 15) is 15.2 Å². The second-order valence-corrected chi connectivity index (χ2v) is 7.70. The number of nitro groups is 1. The van der Waals surface area contributed by atoms with Crippen molar-refractivity contribution >= 4 is 34.0 Å². The molecule has 0 saturated carbocycles. The van der Waals surface area contributed by atoms with Gasteiger partial charge in [0, 0.05) is 30.2 Å². The van der Waals surface area contributed by atoms with Crippen LogP contribution in [0.4, 0.5) is 5.69 Å². The quantitative estimate of drug-likeness (QED) is 0.533. The lowest BCUT2D eigenvalue weighted by Gasteiger charge is -2.22. The molecule has 7 nitrogen and oxygen atoms in total. The van der Waals surface area contributed by atoms with Crippen LogP contribution in [0.2, 0.25) is 0 Å². The van der Waals surface area contributed by atoms with E-state index in [2.05, 4.69) is 31.1 Å². The zero-order chi connectivity index (χ0) is 21.0. The first kappa shape index (κ1) is 25.1. The monoisotopic (exact) mass is 397 g/mol. The lowest BCUT2D eigenvalue weighted by molar-refractivity contribution is -0.384. The number of carbonyl (C=O) groups is 1. The molecule has 27 heavy (non-hydrogen) atoms. The van der Waals surface area contributed by atoms with Gasteiger partial charge < -0.3 is 15.2 Å². The SMILES string of the molecule is C=O.CC.CC(C)(C)NCCC(CCO)c1nc2cc([N+](=O)[O-])ccc2s1. The number of nitro benzene ring substituents is 1. The predicted molar refractivity (Wildman–Crippen MR) is 112 cm³/mol. The highest BCUT2D eigenvalue weighted by Crippen LogP contribution is 2.32. The van der Waals surface area contributed by atoms with Crippen molar-refractivity contribution < 1.29 is 14.8 Å². The first-order valence-corrected chi connectivity index (χ1v) is 9.81. The maximum Gasteiger partial charge on any atom is 0.271 e. The van der Waals surface area contributed by atoms with E-state index in [1.54, 1.807) is 17.4 Å². The zero-order valence-corrected chi connectivity index (χ0v) is 17.6. The van der Waals surface area contributed by atoms with E-state index in [1.165, 1.54) is 12.1 Å². The summed E-state index contributed by atoms with van der Waals surface area (Å²) in [6.07, 6.45) is 1.52. The Morgan fingerprint density at radius 1 is 1.30 bits per heavy atom. The van der Waals surface area contributed by atoms with Gasteiger partial charge in [0.1, 0.15) is 6.79 Å². The summed E-state index contributed by atoms with van der Waals surface area (Å²) < 4.78 is 0.942. The summed E-state index contributed by atoms with van der Waals surface area (Å²) in [7, 11) is 0. The maximum absolute atomic E-state index is 10.9. The smallest absolute Gasteiger partial charge is 0.271 e. The van der Waals surface area contributed by atoms with Crippen LogP contribution in [-0.2, 0) is 4.79 Å². The fraction of sp³-hybridized carbons (Fsp3) is 0.579. The number of nitrogens with zero attached hydrogens (tertiary/aromatic N) is 2. The van der Waals surface area contributed by atoms with Crippen molar-refractivity contribution in [1.82, 2.24) is 10.3 Å². The number of nitrogens with one attached hydrogen (secondary N) is 1. The van der Waals surface area contributed by atoms with Gasteiger partial charge in [0.2, 0.25) is 0 Å². The molecule has 1 unspecified atom stereocenters. The Balaban J connectivity index is 0.00000158. The van der Waals surface area contributed by atoms with Crippen molar-refractivity contribution in [3.63, 3.8) is 0 Å². The molecule has 1 aromatic carbocycles. The molecule has 0 saturated heterocycles. The largest absolute Gasteiger partial charge is 0.396 e. The van der Waals surface area contributed by atoms with Crippen LogP contribution >= 0.6 is 11.3 Å². The highest BCUT2D eigenvalue weighted by Gasteiger charge is 2.18. The van der Waals surface area contributed by atoms with Gasteiger partial charge in [-0.1, -0.05) is 13.8 Å². The van der Waals surface area contributed by atoms with Crippen LogP contribution in [0, 0.1) is 10.1 Å². The minimum atomic E-state index is -0.406. The third-order valence-electron chi connectivity index (χ3n) is 3.57. The summed E-state index contributed by atoms with van der Waals surface area (Å²) in [6, 6.07) is 4.77. The molecule has 0 fully saturated rings. The molecule has 0 bridgehead atoms. The first-order valence-electron chi connectivity index (χ1n) is 9.00. The van der Waals surface area contributed by atoms with Crippen LogP contribution in [0.5, 0.6) is 0 Å². The highest BCUT2D eigenvalue weighted by atomic mass is 32.1. The van der Waals surface area contributed by atoms with Crippen LogP contribution in [0.25, 0.3) is 10.2 Å². The van der Waals surface area contributed by atoms with Gasteiger partial charge in [-0.25, -0.2) is 4.98 Å². The fourth-order valence-corrected chi connectivity index (χ4v) is 3.51. The number of aromatic nitrogens is 1. The Bertz CT molecular complexity index is 698. The fourth-order valence-electron chi connectivity index (χ4n) is 2.39. The molecule has 0 amide bonds. The molecule has 0 spiro atoms. The highest BCUT2D eigenvalue weighted by molar-refractivity contribution is 7.18. The molecule has 0 aliphatic heterocycles. The van der Waals surface area contributed by atoms with E-state index in [4.69, 9.17) is 4.79 Å². The molecule has 152 valence electrons. The summed E-state index contributed by atoms with van der Waals surface area (Å²) in [5.41, 5.74) is 0.770. The number of benzene rings is 1. The predicted octanol–water partition coefficient (Wildman–Crippen LogP) is 4.29. The molecule has 0 radical (unpaired) electrons. The molecule has 0 aliphatic carbocycles. The van der Waals surface area contributed by atoms with E-state index in [0.717, 1.165) is 22.7 Å². The Hall–Kier alpha value is -1.90. The molecular formula is C19H31N3O4S. The number of thiazole rings is 1. The number of rotatable bonds is 7. The van der Waals surface area contributed by atoms with Gasteiger partial charge in [-0.3, -0.25) is 10.1 Å². The van der Waals surface area contributed by atoms with Gasteiger partial charge in [0.25, 0.3) is 5.69 Å². The Morgan fingerprint density at radius 2 is 1.93 bits per heavy atom. The normalized spacial score (nSPS) is 11.8. The van der Waals surface area contributed by atoms with Crippen LogP contribution in [0.15, 0.2) is 18.2 Å².